The summed E-state index contributed by atoms with van der Waals surface area (Å²) in [4.78, 5) is 15.9. The van der Waals surface area contributed by atoms with Gasteiger partial charge < -0.3 is 19.7 Å². The molecule has 0 radical (unpaired) electrons. The molecule has 3 aliphatic rings. The van der Waals surface area contributed by atoms with Crippen LogP contribution in [0.15, 0.2) is 84.9 Å². The second-order valence-corrected chi connectivity index (χ2v) is 12.1. The van der Waals surface area contributed by atoms with Crippen LogP contribution in [0.3, 0.4) is 0 Å². The summed E-state index contributed by atoms with van der Waals surface area (Å²) in [5.74, 6) is 2.51. The Labute approximate surface area is 248 Å². The van der Waals surface area contributed by atoms with Crippen molar-refractivity contribution in [1.29, 1.82) is 0 Å². The summed E-state index contributed by atoms with van der Waals surface area (Å²) in [6.45, 7) is 10.1. The van der Waals surface area contributed by atoms with E-state index in [0.29, 0.717) is 29.2 Å². The van der Waals surface area contributed by atoms with Crippen LogP contribution in [0.25, 0.3) is 0 Å². The first-order chi connectivity index (χ1) is 20.4. The fourth-order valence-electron chi connectivity index (χ4n) is 7.67. The van der Waals surface area contributed by atoms with Gasteiger partial charge in [-0.2, -0.15) is 0 Å². The molecule has 5 heteroatoms. The molecule has 0 amide bonds. The third-order valence-corrected chi connectivity index (χ3v) is 9.71. The molecular weight excluding hydrogens is 520 g/mol. The molecule has 7 rings (SSSR count). The maximum absolute atomic E-state index is 13.4. The van der Waals surface area contributed by atoms with Crippen LogP contribution in [-0.2, 0) is 10.3 Å². The second kappa shape index (κ2) is 10.2. The van der Waals surface area contributed by atoms with Gasteiger partial charge in [-0.25, -0.2) is 4.79 Å². The average Bonchev–Trinajstić information content (AvgIpc) is 3.48. The molecule has 42 heavy (non-hydrogen) atoms. The van der Waals surface area contributed by atoms with E-state index in [-0.39, 0.29) is 5.97 Å². The van der Waals surface area contributed by atoms with Crippen molar-refractivity contribution < 1.29 is 14.3 Å². The summed E-state index contributed by atoms with van der Waals surface area (Å²) in [6, 6.07) is 28.9. The molecule has 1 fully saturated rings. The number of hydrogen-bond donors (Lipinski definition) is 1. The summed E-state index contributed by atoms with van der Waals surface area (Å²) in [7, 11) is 0. The lowest BCUT2D eigenvalue weighted by molar-refractivity contribution is 0.0224. The number of carbonyl (C=O) groups is 1. The van der Waals surface area contributed by atoms with Gasteiger partial charge >= 0.3 is 5.97 Å². The number of esters is 1. The first-order valence-corrected chi connectivity index (χ1v) is 15.3. The highest BCUT2D eigenvalue weighted by molar-refractivity contribution is 5.97. The third kappa shape index (κ3) is 4.01. The minimum atomic E-state index is -1.09. The van der Waals surface area contributed by atoms with E-state index in [4.69, 9.17) is 9.47 Å². The lowest BCUT2D eigenvalue weighted by Gasteiger charge is -2.38. The summed E-state index contributed by atoms with van der Waals surface area (Å²) in [5.41, 5.74) is 6.19. The lowest BCUT2D eigenvalue weighted by Crippen LogP contribution is -2.34. The number of nitrogens with zero attached hydrogens (tertiary/aromatic N) is 1. The van der Waals surface area contributed by atoms with Gasteiger partial charge in [0.05, 0.1) is 5.56 Å². The van der Waals surface area contributed by atoms with Gasteiger partial charge in [0, 0.05) is 52.4 Å². The van der Waals surface area contributed by atoms with Crippen molar-refractivity contribution >= 4 is 23.0 Å². The maximum Gasteiger partial charge on any atom is 0.340 e. The molecule has 0 aromatic heterocycles. The SMILES string of the molecule is CCCC1CN(c2ccc3c(c2)Oc2cc(C)c(Nc4ccccc4)cc2C32OC(=O)c3ccccc32)C(C)C1CC. The Balaban J connectivity index is 1.37. The summed E-state index contributed by atoms with van der Waals surface area (Å²) in [6.07, 6.45) is 3.65. The van der Waals surface area contributed by atoms with Gasteiger partial charge in [0.2, 0.25) is 0 Å². The highest BCUT2D eigenvalue weighted by Gasteiger charge is 2.54. The van der Waals surface area contributed by atoms with Crippen LogP contribution in [0.4, 0.5) is 17.1 Å². The molecule has 1 saturated heterocycles. The Morgan fingerprint density at radius 2 is 1.67 bits per heavy atom. The first-order valence-electron chi connectivity index (χ1n) is 15.3. The number of nitrogens with one attached hydrogen (secondary N) is 1. The van der Waals surface area contributed by atoms with Crippen LogP contribution >= 0.6 is 0 Å². The molecule has 4 aromatic carbocycles. The normalized spacial score (nSPS) is 23.7. The van der Waals surface area contributed by atoms with Gasteiger partial charge in [-0.1, -0.05) is 63.1 Å². The molecule has 214 valence electrons. The summed E-state index contributed by atoms with van der Waals surface area (Å²) in [5, 5.41) is 3.56. The molecule has 0 bridgehead atoms. The monoisotopic (exact) mass is 558 g/mol. The predicted molar refractivity (Wildman–Crippen MR) is 168 cm³/mol. The molecule has 4 aromatic rings. The van der Waals surface area contributed by atoms with E-state index in [1.165, 1.54) is 19.3 Å². The highest BCUT2D eigenvalue weighted by atomic mass is 16.6. The number of ether oxygens (including phenoxy) is 2. The smallest absolute Gasteiger partial charge is 0.340 e. The quantitative estimate of drug-likeness (QED) is 0.239. The number of benzene rings is 4. The van der Waals surface area contributed by atoms with Crippen LogP contribution in [0, 0.1) is 18.8 Å². The van der Waals surface area contributed by atoms with Crippen LogP contribution in [-0.4, -0.2) is 18.6 Å². The Hall–Kier alpha value is -4.25. The van der Waals surface area contributed by atoms with Crippen LogP contribution in [0.2, 0.25) is 0 Å². The van der Waals surface area contributed by atoms with E-state index >= 15 is 0 Å². The fraction of sp³-hybridized carbons (Fsp3) is 0.324. The fourth-order valence-corrected chi connectivity index (χ4v) is 7.67. The summed E-state index contributed by atoms with van der Waals surface area (Å²) >= 11 is 0. The zero-order chi connectivity index (χ0) is 29.0. The predicted octanol–water partition coefficient (Wildman–Crippen LogP) is 8.96. The van der Waals surface area contributed by atoms with Crippen molar-refractivity contribution in [2.45, 2.75) is 58.6 Å². The molecule has 4 unspecified atom stereocenters. The number of para-hydroxylation sites is 1. The topological polar surface area (TPSA) is 50.8 Å². The number of rotatable bonds is 6. The zero-order valence-corrected chi connectivity index (χ0v) is 24.8. The lowest BCUT2D eigenvalue weighted by atomic mass is 9.77. The second-order valence-electron chi connectivity index (χ2n) is 12.1. The van der Waals surface area contributed by atoms with Gasteiger partial charge in [-0.05, 0) is 80.1 Å². The zero-order valence-electron chi connectivity index (χ0n) is 24.8. The summed E-state index contributed by atoms with van der Waals surface area (Å²) < 4.78 is 13.2. The van der Waals surface area contributed by atoms with Gasteiger partial charge in [0.25, 0.3) is 0 Å². The number of aryl methyl sites for hydroxylation is 1. The van der Waals surface area contributed by atoms with E-state index in [2.05, 4.69) is 68.2 Å². The maximum atomic E-state index is 13.4. The molecule has 1 spiro atoms. The van der Waals surface area contributed by atoms with E-state index in [1.807, 2.05) is 54.6 Å². The Kier molecular flexibility index (Phi) is 6.49. The Morgan fingerprint density at radius 3 is 2.45 bits per heavy atom. The van der Waals surface area contributed by atoms with E-state index < -0.39 is 5.60 Å². The number of anilines is 3. The minimum Gasteiger partial charge on any atom is -0.456 e. The third-order valence-electron chi connectivity index (χ3n) is 9.71. The number of carbonyl (C=O) groups excluding carboxylic acids is 1. The van der Waals surface area contributed by atoms with Crippen molar-refractivity contribution in [3.8, 4) is 11.5 Å². The van der Waals surface area contributed by atoms with Crippen molar-refractivity contribution in [2.24, 2.45) is 11.8 Å². The Bertz CT molecular complexity index is 1670. The minimum absolute atomic E-state index is 0.312. The molecule has 5 nitrogen and oxygen atoms in total. The van der Waals surface area contributed by atoms with Gasteiger partial charge in [0.15, 0.2) is 5.60 Å². The molecular formula is C37H38N2O3. The molecule has 0 saturated carbocycles. The van der Waals surface area contributed by atoms with Crippen LogP contribution in [0.5, 0.6) is 11.5 Å². The standard InChI is InChI=1S/C37H38N2O3/c1-5-12-25-22-39(24(4)28(25)6-2)27-17-18-31-35(20-27)41-34-19-23(3)33(38-26-13-8-7-9-14-26)21-32(34)37(31)30-16-11-10-15-29(30)36(40)42-37/h7-11,13-21,24-25,28,38H,5-6,12,22H2,1-4H3. The van der Waals surface area contributed by atoms with E-state index in [1.54, 1.807) is 0 Å². The van der Waals surface area contributed by atoms with Crippen molar-refractivity contribution in [1.82, 2.24) is 0 Å². The number of hydrogen-bond acceptors (Lipinski definition) is 5. The first kappa shape index (κ1) is 26.6. The average molecular weight is 559 g/mol. The van der Waals surface area contributed by atoms with Crippen LogP contribution in [0.1, 0.15) is 72.6 Å². The number of fused-ring (bicyclic) bond motifs is 6. The molecule has 1 N–H and O–H groups in total. The van der Waals surface area contributed by atoms with Gasteiger partial charge in [-0.15, -0.1) is 0 Å². The highest BCUT2D eigenvalue weighted by Crippen LogP contribution is 2.57. The van der Waals surface area contributed by atoms with Crippen molar-refractivity contribution in [3.05, 3.63) is 113 Å². The Morgan fingerprint density at radius 1 is 0.905 bits per heavy atom. The van der Waals surface area contributed by atoms with Gasteiger partial charge in [-0.3, -0.25) is 0 Å². The molecule has 3 heterocycles. The van der Waals surface area contributed by atoms with Crippen molar-refractivity contribution in [3.63, 3.8) is 0 Å². The molecule has 4 atom stereocenters. The van der Waals surface area contributed by atoms with Gasteiger partial charge in [0.1, 0.15) is 11.5 Å². The van der Waals surface area contributed by atoms with Crippen LogP contribution < -0.4 is 15.0 Å². The largest absolute Gasteiger partial charge is 0.456 e. The van der Waals surface area contributed by atoms with E-state index in [9.17, 15) is 4.79 Å². The van der Waals surface area contributed by atoms with Crippen molar-refractivity contribution in [2.75, 3.05) is 16.8 Å². The molecule has 3 aliphatic heterocycles. The molecule has 0 aliphatic carbocycles. The van der Waals surface area contributed by atoms with E-state index in [0.717, 1.165) is 51.6 Å².